The van der Waals surface area contributed by atoms with Crippen molar-refractivity contribution in [2.24, 2.45) is 5.92 Å². The number of nitrogens with zero attached hydrogens (tertiary/aromatic N) is 2. The summed E-state index contributed by atoms with van der Waals surface area (Å²) in [5.74, 6) is 2.53. The smallest absolute Gasteiger partial charge is 0.133 e. The highest BCUT2D eigenvalue weighted by Gasteiger charge is 2.05. The van der Waals surface area contributed by atoms with Gasteiger partial charge in [0.05, 0.1) is 6.10 Å². The van der Waals surface area contributed by atoms with E-state index >= 15 is 0 Å². The number of hydrogen-bond acceptors (Lipinski definition) is 5. The van der Waals surface area contributed by atoms with Gasteiger partial charge in [0.25, 0.3) is 0 Å². The fourth-order valence-corrected chi connectivity index (χ4v) is 3.73. The number of thioether (sulfide) groups is 2. The van der Waals surface area contributed by atoms with Crippen LogP contribution in [0.4, 0.5) is 0 Å². The SMILES string of the molecule is C[C@H](CCCCC[C@@H](O)CCCCCCCCSC#N)CSC#N. The van der Waals surface area contributed by atoms with E-state index in [2.05, 4.69) is 17.7 Å². The van der Waals surface area contributed by atoms with Gasteiger partial charge in [-0.1, -0.05) is 58.3 Å². The molecule has 5 heteroatoms. The highest BCUT2D eigenvalue weighted by molar-refractivity contribution is 8.03. The quantitative estimate of drug-likeness (QED) is 0.248. The van der Waals surface area contributed by atoms with Crippen molar-refractivity contribution >= 4 is 23.5 Å². The van der Waals surface area contributed by atoms with E-state index in [9.17, 15) is 5.11 Å². The lowest BCUT2D eigenvalue weighted by Gasteiger charge is -2.11. The molecule has 0 unspecified atom stereocenters. The summed E-state index contributed by atoms with van der Waals surface area (Å²) in [5.41, 5.74) is 0. The van der Waals surface area contributed by atoms with Crippen LogP contribution in [0.5, 0.6) is 0 Å². The fraction of sp³-hybridized carbons (Fsp3) is 0.895. The van der Waals surface area contributed by atoms with E-state index in [0.29, 0.717) is 5.92 Å². The Hall–Kier alpha value is -0.360. The first-order valence-electron chi connectivity index (χ1n) is 9.40. The Morgan fingerprint density at radius 3 is 1.88 bits per heavy atom. The van der Waals surface area contributed by atoms with Crippen LogP contribution in [0.1, 0.15) is 84.0 Å². The molecule has 0 spiro atoms. The van der Waals surface area contributed by atoms with Gasteiger partial charge in [0.2, 0.25) is 0 Å². The lowest BCUT2D eigenvalue weighted by molar-refractivity contribution is 0.147. The number of aliphatic hydroxyl groups excluding tert-OH is 1. The third-order valence-electron chi connectivity index (χ3n) is 4.26. The van der Waals surface area contributed by atoms with Crippen LogP contribution in [0.3, 0.4) is 0 Å². The van der Waals surface area contributed by atoms with Crippen LogP contribution in [-0.4, -0.2) is 22.7 Å². The molecular weight excluding hydrogens is 336 g/mol. The predicted molar refractivity (Wildman–Crippen MR) is 107 cm³/mol. The topological polar surface area (TPSA) is 67.8 Å². The third-order valence-corrected chi connectivity index (χ3v) is 5.75. The number of unbranched alkanes of at least 4 members (excludes halogenated alkanes) is 7. The lowest BCUT2D eigenvalue weighted by atomic mass is 10.0. The highest BCUT2D eigenvalue weighted by atomic mass is 32.2. The standard InChI is InChI=1S/C19H34N2OS2/c1-18(15-24-17-21)11-7-6-9-13-19(22)12-8-4-2-3-5-10-14-23-16-20/h18-19,22H,2-15H2,1H3/t18-,19+/m1/s1. The second-order valence-electron chi connectivity index (χ2n) is 6.65. The summed E-state index contributed by atoms with van der Waals surface area (Å²) >= 11 is 2.71. The molecule has 0 amide bonds. The van der Waals surface area contributed by atoms with E-state index in [4.69, 9.17) is 10.5 Å². The second kappa shape index (κ2) is 19.0. The van der Waals surface area contributed by atoms with E-state index in [-0.39, 0.29) is 6.10 Å². The summed E-state index contributed by atoms with van der Waals surface area (Å²) in [4.78, 5) is 0. The Labute approximate surface area is 157 Å². The van der Waals surface area contributed by atoms with Crippen molar-refractivity contribution in [2.45, 2.75) is 90.1 Å². The average Bonchev–Trinajstić information content (AvgIpc) is 2.58. The maximum Gasteiger partial charge on any atom is 0.133 e. The minimum atomic E-state index is -0.122. The molecule has 0 bridgehead atoms. The summed E-state index contributed by atoms with van der Waals surface area (Å²) in [7, 11) is 0. The van der Waals surface area contributed by atoms with Gasteiger partial charge in [0.1, 0.15) is 10.8 Å². The van der Waals surface area contributed by atoms with Gasteiger partial charge in [-0.2, -0.15) is 10.5 Å². The summed E-state index contributed by atoms with van der Waals surface area (Å²) in [5, 5.41) is 31.2. The summed E-state index contributed by atoms with van der Waals surface area (Å²) in [6, 6.07) is 0. The number of aliphatic hydroxyl groups is 1. The maximum absolute atomic E-state index is 10.0. The van der Waals surface area contributed by atoms with Gasteiger partial charge in [-0.25, -0.2) is 0 Å². The van der Waals surface area contributed by atoms with E-state index in [1.54, 1.807) is 0 Å². The molecule has 0 rings (SSSR count). The van der Waals surface area contributed by atoms with E-state index in [1.807, 2.05) is 0 Å². The molecule has 0 aromatic heterocycles. The molecule has 24 heavy (non-hydrogen) atoms. The van der Waals surface area contributed by atoms with Crippen molar-refractivity contribution in [3.8, 4) is 10.8 Å². The summed E-state index contributed by atoms with van der Waals surface area (Å²) in [6.07, 6.45) is 13.7. The molecule has 0 radical (unpaired) electrons. The van der Waals surface area contributed by atoms with Crippen LogP contribution in [0, 0.1) is 27.2 Å². The molecule has 0 aliphatic rings. The molecule has 0 aromatic carbocycles. The van der Waals surface area contributed by atoms with Crippen molar-refractivity contribution in [2.75, 3.05) is 11.5 Å². The Bertz CT molecular complexity index is 352. The van der Waals surface area contributed by atoms with Gasteiger partial charge in [0.15, 0.2) is 0 Å². The molecule has 138 valence electrons. The van der Waals surface area contributed by atoms with Gasteiger partial charge in [-0.3, -0.25) is 0 Å². The van der Waals surface area contributed by atoms with Crippen molar-refractivity contribution in [3.63, 3.8) is 0 Å². The number of hydrogen-bond donors (Lipinski definition) is 1. The first kappa shape index (κ1) is 23.6. The minimum absolute atomic E-state index is 0.122. The first-order chi connectivity index (χ1) is 11.7. The van der Waals surface area contributed by atoms with Gasteiger partial charge in [-0.05, 0) is 55.1 Å². The van der Waals surface area contributed by atoms with Crippen molar-refractivity contribution in [1.82, 2.24) is 0 Å². The Morgan fingerprint density at radius 1 is 0.750 bits per heavy atom. The zero-order chi connectivity index (χ0) is 17.9. The molecule has 2 atom stereocenters. The van der Waals surface area contributed by atoms with Crippen LogP contribution in [0.25, 0.3) is 0 Å². The molecule has 3 nitrogen and oxygen atoms in total. The van der Waals surface area contributed by atoms with E-state index in [1.165, 1.54) is 68.5 Å². The highest BCUT2D eigenvalue weighted by Crippen LogP contribution is 2.17. The van der Waals surface area contributed by atoms with E-state index < -0.39 is 0 Å². The molecule has 1 N–H and O–H groups in total. The Kier molecular flexibility index (Phi) is 18.7. The molecule has 0 aliphatic heterocycles. The van der Waals surface area contributed by atoms with Crippen LogP contribution in [0.2, 0.25) is 0 Å². The number of thiocyanates is 2. The van der Waals surface area contributed by atoms with Gasteiger partial charge < -0.3 is 5.11 Å². The molecule has 0 aromatic rings. The molecule has 0 saturated heterocycles. The third kappa shape index (κ3) is 18.0. The fourth-order valence-electron chi connectivity index (χ4n) is 2.76. The van der Waals surface area contributed by atoms with Gasteiger partial charge >= 0.3 is 0 Å². The van der Waals surface area contributed by atoms with Crippen molar-refractivity contribution < 1.29 is 5.11 Å². The number of nitriles is 2. The zero-order valence-electron chi connectivity index (χ0n) is 15.2. The van der Waals surface area contributed by atoms with E-state index in [0.717, 1.165) is 43.6 Å². The Morgan fingerprint density at radius 2 is 1.25 bits per heavy atom. The second-order valence-corrected chi connectivity index (χ2v) is 8.33. The molecular formula is C19H34N2OS2. The molecule has 0 saturated carbocycles. The van der Waals surface area contributed by atoms with Crippen molar-refractivity contribution in [3.05, 3.63) is 0 Å². The largest absolute Gasteiger partial charge is 0.393 e. The normalized spacial score (nSPS) is 13.2. The van der Waals surface area contributed by atoms with Crippen LogP contribution in [-0.2, 0) is 0 Å². The van der Waals surface area contributed by atoms with Crippen LogP contribution >= 0.6 is 23.5 Å². The maximum atomic E-state index is 10.0. The summed E-state index contributed by atoms with van der Waals surface area (Å²) < 4.78 is 0. The lowest BCUT2D eigenvalue weighted by Crippen LogP contribution is -2.06. The monoisotopic (exact) mass is 370 g/mol. The summed E-state index contributed by atoms with van der Waals surface area (Å²) in [6.45, 7) is 2.21. The zero-order valence-corrected chi connectivity index (χ0v) is 16.8. The van der Waals surface area contributed by atoms with Crippen LogP contribution in [0.15, 0.2) is 0 Å². The van der Waals surface area contributed by atoms with Gasteiger partial charge in [0, 0.05) is 11.5 Å². The predicted octanol–water partition coefficient (Wildman–Crippen LogP) is 6.09. The average molecular weight is 371 g/mol. The van der Waals surface area contributed by atoms with Crippen molar-refractivity contribution in [1.29, 1.82) is 10.5 Å². The molecule has 0 fully saturated rings. The number of rotatable bonds is 17. The minimum Gasteiger partial charge on any atom is -0.393 e. The molecule has 0 aliphatic carbocycles. The van der Waals surface area contributed by atoms with Gasteiger partial charge in [-0.15, -0.1) is 0 Å². The first-order valence-corrected chi connectivity index (χ1v) is 11.4. The molecule has 0 heterocycles. The Balaban J connectivity index is 3.25. The van der Waals surface area contributed by atoms with Crippen LogP contribution < -0.4 is 0 Å².